The number of aromatic nitrogens is 1. The van der Waals surface area contributed by atoms with Crippen LogP contribution >= 0.6 is 11.3 Å². The SMILES string of the molecule is Cc1ccc2nc(NC3COc4ccccc43)sc2c1. The molecule has 2 aromatic carbocycles. The van der Waals surface area contributed by atoms with E-state index in [1.165, 1.54) is 15.8 Å². The van der Waals surface area contributed by atoms with Gasteiger partial charge in [0.2, 0.25) is 0 Å². The van der Waals surface area contributed by atoms with Crippen LogP contribution in [-0.4, -0.2) is 11.6 Å². The van der Waals surface area contributed by atoms with E-state index in [9.17, 15) is 0 Å². The first-order valence-electron chi connectivity index (χ1n) is 6.65. The number of ether oxygens (including phenoxy) is 1. The van der Waals surface area contributed by atoms with Crippen LogP contribution in [0.2, 0.25) is 0 Å². The molecule has 0 saturated heterocycles. The van der Waals surface area contributed by atoms with Crippen molar-refractivity contribution in [1.82, 2.24) is 4.98 Å². The molecule has 1 atom stereocenters. The minimum atomic E-state index is 0.188. The van der Waals surface area contributed by atoms with Gasteiger partial charge in [-0.25, -0.2) is 4.98 Å². The van der Waals surface area contributed by atoms with Gasteiger partial charge < -0.3 is 10.1 Å². The number of nitrogens with one attached hydrogen (secondary N) is 1. The third kappa shape index (κ3) is 1.93. The van der Waals surface area contributed by atoms with Gasteiger partial charge in [0.05, 0.1) is 16.3 Å². The van der Waals surface area contributed by atoms with Crippen molar-refractivity contribution >= 4 is 26.7 Å². The van der Waals surface area contributed by atoms with Gasteiger partial charge >= 0.3 is 0 Å². The molecule has 0 saturated carbocycles. The summed E-state index contributed by atoms with van der Waals surface area (Å²) >= 11 is 1.70. The summed E-state index contributed by atoms with van der Waals surface area (Å²) in [5.74, 6) is 0.974. The van der Waals surface area contributed by atoms with E-state index in [1.807, 2.05) is 18.2 Å². The number of nitrogens with zero attached hydrogens (tertiary/aromatic N) is 1. The molecule has 20 heavy (non-hydrogen) atoms. The Hall–Kier alpha value is -2.07. The molecular formula is C16H14N2OS. The number of fused-ring (bicyclic) bond motifs is 2. The van der Waals surface area contributed by atoms with Gasteiger partial charge in [-0.05, 0) is 30.7 Å². The maximum absolute atomic E-state index is 5.69. The number of hydrogen-bond donors (Lipinski definition) is 1. The van der Waals surface area contributed by atoms with Crippen LogP contribution in [0.3, 0.4) is 0 Å². The number of anilines is 1. The average molecular weight is 282 g/mol. The van der Waals surface area contributed by atoms with Gasteiger partial charge in [-0.2, -0.15) is 0 Å². The second kappa shape index (κ2) is 4.49. The summed E-state index contributed by atoms with van der Waals surface area (Å²) in [6.45, 7) is 2.77. The Bertz CT molecular complexity index is 781. The first-order valence-corrected chi connectivity index (χ1v) is 7.47. The predicted molar refractivity (Wildman–Crippen MR) is 82.7 cm³/mol. The lowest BCUT2D eigenvalue weighted by molar-refractivity contribution is 0.340. The molecule has 0 spiro atoms. The van der Waals surface area contributed by atoms with Gasteiger partial charge in [-0.1, -0.05) is 35.6 Å². The smallest absolute Gasteiger partial charge is 0.184 e. The number of rotatable bonds is 2. The highest BCUT2D eigenvalue weighted by molar-refractivity contribution is 7.22. The predicted octanol–water partition coefficient (Wildman–Crippen LogP) is 4.15. The summed E-state index contributed by atoms with van der Waals surface area (Å²) in [6, 6.07) is 14.7. The first kappa shape index (κ1) is 11.7. The molecule has 0 aliphatic carbocycles. The van der Waals surface area contributed by atoms with Crippen molar-refractivity contribution in [2.45, 2.75) is 13.0 Å². The highest BCUT2D eigenvalue weighted by Gasteiger charge is 2.24. The number of thiazole rings is 1. The zero-order valence-corrected chi connectivity index (χ0v) is 11.9. The van der Waals surface area contributed by atoms with Crippen LogP contribution in [0.4, 0.5) is 5.13 Å². The summed E-state index contributed by atoms with van der Waals surface area (Å²) in [4.78, 5) is 4.64. The zero-order chi connectivity index (χ0) is 13.5. The molecule has 4 rings (SSSR count). The van der Waals surface area contributed by atoms with E-state index in [2.05, 4.69) is 41.5 Å². The number of para-hydroxylation sites is 1. The lowest BCUT2D eigenvalue weighted by Crippen LogP contribution is -2.11. The van der Waals surface area contributed by atoms with Crippen molar-refractivity contribution in [3.63, 3.8) is 0 Å². The molecule has 0 bridgehead atoms. The molecule has 1 aliphatic rings. The van der Waals surface area contributed by atoms with Gasteiger partial charge in [-0.15, -0.1) is 0 Å². The number of hydrogen-bond acceptors (Lipinski definition) is 4. The summed E-state index contributed by atoms with van der Waals surface area (Å²) in [5, 5.41) is 4.44. The molecule has 3 aromatic rings. The molecule has 1 unspecified atom stereocenters. The fourth-order valence-electron chi connectivity index (χ4n) is 2.52. The van der Waals surface area contributed by atoms with Crippen molar-refractivity contribution in [3.8, 4) is 5.75 Å². The van der Waals surface area contributed by atoms with Crippen molar-refractivity contribution in [3.05, 3.63) is 53.6 Å². The lowest BCUT2D eigenvalue weighted by atomic mass is 10.1. The van der Waals surface area contributed by atoms with Crippen LogP contribution in [0.5, 0.6) is 5.75 Å². The molecular weight excluding hydrogens is 268 g/mol. The van der Waals surface area contributed by atoms with E-state index >= 15 is 0 Å². The van der Waals surface area contributed by atoms with Crippen LogP contribution in [0, 0.1) is 6.92 Å². The molecule has 1 N–H and O–H groups in total. The molecule has 0 amide bonds. The molecule has 0 radical (unpaired) electrons. The summed E-state index contributed by atoms with van der Waals surface area (Å²) in [7, 11) is 0. The highest BCUT2D eigenvalue weighted by Crippen LogP contribution is 2.36. The van der Waals surface area contributed by atoms with Gasteiger partial charge in [-0.3, -0.25) is 0 Å². The van der Waals surface area contributed by atoms with Crippen molar-refractivity contribution in [2.24, 2.45) is 0 Å². The van der Waals surface area contributed by atoms with E-state index < -0.39 is 0 Å². The Kier molecular flexibility index (Phi) is 2.63. The average Bonchev–Trinajstić information content (AvgIpc) is 3.03. The maximum Gasteiger partial charge on any atom is 0.184 e. The molecule has 3 nitrogen and oxygen atoms in total. The Morgan fingerprint density at radius 1 is 1.25 bits per heavy atom. The lowest BCUT2D eigenvalue weighted by Gasteiger charge is -2.09. The normalized spacial score (nSPS) is 16.9. The molecule has 4 heteroatoms. The van der Waals surface area contributed by atoms with E-state index in [1.54, 1.807) is 11.3 Å². The van der Waals surface area contributed by atoms with E-state index in [0.29, 0.717) is 6.61 Å². The van der Waals surface area contributed by atoms with Crippen LogP contribution in [0.15, 0.2) is 42.5 Å². The van der Waals surface area contributed by atoms with Crippen LogP contribution in [0.1, 0.15) is 17.2 Å². The fraction of sp³-hybridized carbons (Fsp3) is 0.188. The van der Waals surface area contributed by atoms with E-state index in [4.69, 9.17) is 4.74 Å². The van der Waals surface area contributed by atoms with E-state index in [-0.39, 0.29) is 6.04 Å². The number of benzene rings is 2. The molecule has 100 valence electrons. The summed E-state index contributed by atoms with van der Waals surface area (Å²) in [5.41, 5.74) is 3.53. The van der Waals surface area contributed by atoms with Crippen molar-refractivity contribution in [1.29, 1.82) is 0 Å². The van der Waals surface area contributed by atoms with Gasteiger partial charge in [0.25, 0.3) is 0 Å². The Labute approximate surface area is 121 Å². The van der Waals surface area contributed by atoms with Crippen molar-refractivity contribution < 1.29 is 4.74 Å². The second-order valence-corrected chi connectivity index (χ2v) is 6.07. The van der Waals surface area contributed by atoms with E-state index in [0.717, 1.165) is 16.4 Å². The third-order valence-corrected chi connectivity index (χ3v) is 4.49. The fourth-order valence-corrected chi connectivity index (χ4v) is 3.54. The van der Waals surface area contributed by atoms with Crippen molar-refractivity contribution in [2.75, 3.05) is 11.9 Å². The zero-order valence-electron chi connectivity index (χ0n) is 11.1. The van der Waals surface area contributed by atoms with Gasteiger partial charge in [0.15, 0.2) is 5.13 Å². The number of aryl methyl sites for hydroxylation is 1. The molecule has 1 aliphatic heterocycles. The van der Waals surface area contributed by atoms with Crippen LogP contribution in [-0.2, 0) is 0 Å². The Morgan fingerprint density at radius 3 is 3.10 bits per heavy atom. The highest BCUT2D eigenvalue weighted by atomic mass is 32.1. The first-order chi connectivity index (χ1) is 9.79. The second-order valence-electron chi connectivity index (χ2n) is 5.04. The maximum atomic E-state index is 5.69. The van der Waals surface area contributed by atoms with Crippen LogP contribution in [0.25, 0.3) is 10.2 Å². The largest absolute Gasteiger partial charge is 0.491 e. The third-order valence-electron chi connectivity index (χ3n) is 3.54. The Morgan fingerprint density at radius 2 is 2.15 bits per heavy atom. The standard InChI is InChI=1S/C16H14N2OS/c1-10-6-7-12-15(8-10)20-16(17-12)18-13-9-19-14-5-3-2-4-11(13)14/h2-8,13H,9H2,1H3,(H,17,18). The minimum Gasteiger partial charge on any atom is -0.491 e. The summed E-state index contributed by atoms with van der Waals surface area (Å²) < 4.78 is 6.91. The monoisotopic (exact) mass is 282 g/mol. The molecule has 1 aromatic heterocycles. The van der Waals surface area contributed by atoms with Crippen LogP contribution < -0.4 is 10.1 Å². The molecule has 2 heterocycles. The quantitative estimate of drug-likeness (QED) is 0.766. The summed E-state index contributed by atoms with van der Waals surface area (Å²) in [6.07, 6.45) is 0. The van der Waals surface area contributed by atoms with Gasteiger partial charge in [0.1, 0.15) is 12.4 Å². The Balaban J connectivity index is 1.65. The minimum absolute atomic E-state index is 0.188. The molecule has 0 fully saturated rings. The topological polar surface area (TPSA) is 34.2 Å². The van der Waals surface area contributed by atoms with Gasteiger partial charge in [0, 0.05) is 5.56 Å².